The largest absolute Gasteiger partial charge is 0.361 e. The molecule has 0 saturated carbocycles. The van der Waals surface area contributed by atoms with Crippen LogP contribution in [0.4, 0.5) is 0 Å². The van der Waals surface area contributed by atoms with E-state index in [-0.39, 0.29) is 0 Å². The molecule has 0 aromatic carbocycles. The lowest BCUT2D eigenvalue weighted by atomic mass is 9.95. The van der Waals surface area contributed by atoms with Crippen LogP contribution in [0.2, 0.25) is 4.34 Å². The highest BCUT2D eigenvalue weighted by atomic mass is 35.5. The second kappa shape index (κ2) is 6.79. The molecular formula is C18H24ClN3OS. The van der Waals surface area contributed by atoms with Crippen molar-refractivity contribution >= 4 is 22.9 Å². The molecule has 6 heteroatoms. The van der Waals surface area contributed by atoms with Crippen molar-refractivity contribution in [2.24, 2.45) is 5.92 Å². The van der Waals surface area contributed by atoms with Gasteiger partial charge in [-0.25, -0.2) is 0 Å². The normalized spacial score (nSPS) is 25.3. The van der Waals surface area contributed by atoms with Crippen molar-refractivity contribution in [2.75, 3.05) is 19.6 Å². The molecule has 0 radical (unpaired) electrons. The number of hydrogen-bond acceptors (Lipinski definition) is 5. The van der Waals surface area contributed by atoms with E-state index in [0.717, 1.165) is 41.3 Å². The van der Waals surface area contributed by atoms with Crippen molar-refractivity contribution in [1.29, 1.82) is 0 Å². The van der Waals surface area contributed by atoms with Crippen molar-refractivity contribution in [3.05, 3.63) is 38.4 Å². The molecule has 3 saturated heterocycles. The van der Waals surface area contributed by atoms with Gasteiger partial charge in [-0.3, -0.25) is 9.80 Å². The Kier molecular flexibility index (Phi) is 4.69. The van der Waals surface area contributed by atoms with Gasteiger partial charge < -0.3 is 4.52 Å². The van der Waals surface area contributed by atoms with Gasteiger partial charge in [-0.15, -0.1) is 11.3 Å². The number of hydrogen-bond donors (Lipinski definition) is 0. The van der Waals surface area contributed by atoms with Gasteiger partial charge in [0.15, 0.2) is 0 Å². The average Bonchev–Trinajstić information content (AvgIpc) is 2.96. The molecule has 0 amide bonds. The maximum atomic E-state index is 6.10. The lowest BCUT2D eigenvalue weighted by Crippen LogP contribution is -2.43. The molecule has 5 rings (SSSR count). The fraction of sp³-hybridized carbons (Fsp3) is 0.611. The highest BCUT2D eigenvalue weighted by Crippen LogP contribution is 2.32. The molecule has 2 aromatic heterocycles. The van der Waals surface area contributed by atoms with Crippen LogP contribution in [0.1, 0.15) is 34.7 Å². The summed E-state index contributed by atoms with van der Waals surface area (Å²) in [6.07, 6.45) is 2.66. The van der Waals surface area contributed by atoms with Crippen molar-refractivity contribution in [1.82, 2.24) is 15.0 Å². The molecule has 0 unspecified atom stereocenters. The second-order valence-electron chi connectivity index (χ2n) is 7.23. The van der Waals surface area contributed by atoms with Gasteiger partial charge in [-0.05, 0) is 44.7 Å². The maximum Gasteiger partial charge on any atom is 0.138 e. The highest BCUT2D eigenvalue weighted by Gasteiger charge is 2.35. The van der Waals surface area contributed by atoms with E-state index in [1.54, 1.807) is 11.3 Å². The molecule has 3 aliphatic heterocycles. The standard InChI is InChI=1S/C18H24ClN3OS/c1-12-17(13(2)23-20-12)11-21-7-14-3-4-15(9-21)22(8-14)10-16-5-6-18(19)24-16/h5-6,14-15H,3-4,7-11H2,1-2H3/t14-,15+/m1/s1. The van der Waals surface area contributed by atoms with Crippen molar-refractivity contribution in [2.45, 2.75) is 45.8 Å². The minimum atomic E-state index is 0.644. The summed E-state index contributed by atoms with van der Waals surface area (Å²) in [6.45, 7) is 9.60. The summed E-state index contributed by atoms with van der Waals surface area (Å²) >= 11 is 7.81. The molecule has 24 heavy (non-hydrogen) atoms. The van der Waals surface area contributed by atoms with Crippen LogP contribution in [0.25, 0.3) is 0 Å². The van der Waals surface area contributed by atoms with Gasteiger partial charge in [-0.2, -0.15) is 0 Å². The first-order chi connectivity index (χ1) is 11.6. The summed E-state index contributed by atoms with van der Waals surface area (Å²) in [6, 6.07) is 4.83. The zero-order valence-corrected chi connectivity index (χ0v) is 15.9. The topological polar surface area (TPSA) is 32.5 Å². The van der Waals surface area contributed by atoms with Crippen LogP contribution in [0.5, 0.6) is 0 Å². The summed E-state index contributed by atoms with van der Waals surface area (Å²) in [5.74, 6) is 1.73. The number of piperidine rings is 1. The van der Waals surface area contributed by atoms with Crippen molar-refractivity contribution in [3.63, 3.8) is 0 Å². The Hall–Kier alpha value is -0.880. The van der Waals surface area contributed by atoms with Crippen LogP contribution < -0.4 is 0 Å². The van der Waals surface area contributed by atoms with E-state index in [2.05, 4.69) is 21.0 Å². The van der Waals surface area contributed by atoms with Gasteiger partial charge in [0.05, 0.1) is 10.0 Å². The molecule has 4 nitrogen and oxygen atoms in total. The van der Waals surface area contributed by atoms with Gasteiger partial charge in [0.1, 0.15) is 5.76 Å². The van der Waals surface area contributed by atoms with Crippen LogP contribution in [-0.2, 0) is 13.1 Å². The molecule has 0 aliphatic carbocycles. The lowest BCUT2D eigenvalue weighted by molar-refractivity contribution is 0.124. The monoisotopic (exact) mass is 365 g/mol. The number of thiophene rings is 1. The zero-order chi connectivity index (χ0) is 16.7. The van der Waals surface area contributed by atoms with E-state index >= 15 is 0 Å². The first-order valence-corrected chi connectivity index (χ1v) is 9.90. The van der Waals surface area contributed by atoms with E-state index in [1.165, 1.54) is 36.4 Å². The fourth-order valence-corrected chi connectivity index (χ4v) is 5.30. The number of rotatable bonds is 4. The predicted octanol–water partition coefficient (Wildman–Crippen LogP) is 4.10. The molecule has 130 valence electrons. The third-order valence-corrected chi connectivity index (χ3v) is 6.67. The summed E-state index contributed by atoms with van der Waals surface area (Å²) in [5.41, 5.74) is 2.31. The Bertz CT molecular complexity index is 693. The predicted molar refractivity (Wildman–Crippen MR) is 97.5 cm³/mol. The maximum absolute atomic E-state index is 6.10. The van der Waals surface area contributed by atoms with E-state index in [9.17, 15) is 0 Å². The van der Waals surface area contributed by atoms with Gasteiger partial charge in [-0.1, -0.05) is 16.8 Å². The van der Waals surface area contributed by atoms with Crippen molar-refractivity contribution < 1.29 is 4.52 Å². The van der Waals surface area contributed by atoms with Crippen LogP contribution in [0.15, 0.2) is 16.7 Å². The Balaban J connectivity index is 1.46. The molecule has 2 atom stereocenters. The number of aryl methyl sites for hydroxylation is 2. The summed E-state index contributed by atoms with van der Waals surface area (Å²) in [5, 5.41) is 4.11. The van der Waals surface area contributed by atoms with Gasteiger partial charge in [0.2, 0.25) is 0 Å². The molecule has 3 fully saturated rings. The zero-order valence-electron chi connectivity index (χ0n) is 14.3. The lowest BCUT2D eigenvalue weighted by Gasteiger charge is -2.35. The van der Waals surface area contributed by atoms with Crippen molar-refractivity contribution in [3.8, 4) is 0 Å². The van der Waals surface area contributed by atoms with Gasteiger partial charge >= 0.3 is 0 Å². The molecule has 3 aliphatic rings. The fourth-order valence-electron chi connectivity index (χ4n) is 4.19. The minimum Gasteiger partial charge on any atom is -0.361 e. The van der Waals surface area contributed by atoms with E-state index in [1.807, 2.05) is 19.9 Å². The highest BCUT2D eigenvalue weighted by molar-refractivity contribution is 7.16. The quantitative estimate of drug-likeness (QED) is 0.816. The number of aromatic nitrogens is 1. The number of halogens is 1. The summed E-state index contributed by atoms with van der Waals surface area (Å²) < 4.78 is 6.24. The average molecular weight is 366 g/mol. The van der Waals surface area contributed by atoms with Gasteiger partial charge in [0, 0.05) is 49.2 Å². The molecule has 0 spiro atoms. The van der Waals surface area contributed by atoms with Crippen LogP contribution >= 0.6 is 22.9 Å². The van der Waals surface area contributed by atoms with Crippen LogP contribution in [-0.4, -0.2) is 40.6 Å². The van der Waals surface area contributed by atoms with Gasteiger partial charge in [0.25, 0.3) is 0 Å². The summed E-state index contributed by atoms with van der Waals surface area (Å²) in [4.78, 5) is 6.66. The first-order valence-electron chi connectivity index (χ1n) is 8.71. The minimum absolute atomic E-state index is 0.644. The number of fused-ring (bicyclic) bond motifs is 4. The SMILES string of the molecule is Cc1noc(C)c1CN1C[C@H]2CC[C@@H](C1)N(Cc1ccc(Cl)s1)C2. The third kappa shape index (κ3) is 3.40. The Morgan fingerprint density at radius 2 is 2.08 bits per heavy atom. The summed E-state index contributed by atoms with van der Waals surface area (Å²) in [7, 11) is 0. The van der Waals surface area contributed by atoms with E-state index in [4.69, 9.17) is 16.1 Å². The molecule has 2 bridgehead atoms. The third-order valence-electron chi connectivity index (χ3n) is 5.45. The Labute approximate surface area is 152 Å². The van der Waals surface area contributed by atoms with Crippen LogP contribution in [0, 0.1) is 19.8 Å². The van der Waals surface area contributed by atoms with E-state index < -0.39 is 0 Å². The molecule has 5 heterocycles. The second-order valence-corrected chi connectivity index (χ2v) is 9.03. The molecule has 0 N–H and O–H groups in total. The number of nitrogens with zero attached hydrogens (tertiary/aromatic N) is 3. The van der Waals surface area contributed by atoms with Crippen LogP contribution in [0.3, 0.4) is 0 Å². The molecular weight excluding hydrogens is 342 g/mol. The molecule has 2 aromatic rings. The van der Waals surface area contributed by atoms with E-state index in [0.29, 0.717) is 6.04 Å². The first kappa shape index (κ1) is 16.6. The Morgan fingerprint density at radius 1 is 1.21 bits per heavy atom. The Morgan fingerprint density at radius 3 is 2.79 bits per heavy atom. The smallest absolute Gasteiger partial charge is 0.138 e.